The molecule has 9 nitrogen and oxygen atoms in total. The lowest BCUT2D eigenvalue weighted by Crippen LogP contribution is -2.60. The molecule has 1 fully saturated rings. The van der Waals surface area contributed by atoms with Crippen molar-refractivity contribution in [2.45, 2.75) is 38.5 Å². The highest BCUT2D eigenvalue weighted by Gasteiger charge is 2.58. The van der Waals surface area contributed by atoms with Crippen molar-refractivity contribution in [3.8, 4) is 0 Å². The van der Waals surface area contributed by atoms with E-state index in [4.69, 9.17) is 9.47 Å². The minimum Gasteiger partial charge on any atom is -0.435 e. The molecule has 150 valence electrons. The van der Waals surface area contributed by atoms with Crippen LogP contribution in [0, 0.1) is 5.92 Å². The van der Waals surface area contributed by atoms with E-state index in [2.05, 4.69) is 9.72 Å². The summed E-state index contributed by atoms with van der Waals surface area (Å²) in [5.74, 6) is -1.80. The van der Waals surface area contributed by atoms with Crippen LogP contribution < -0.4 is 0 Å². The maximum atomic E-state index is 12.8. The largest absolute Gasteiger partial charge is 0.511 e. The first-order chi connectivity index (χ1) is 13.3. The Bertz CT molecular complexity index is 811. The number of aromatic nitrogens is 1. The Labute approximate surface area is 165 Å². The highest BCUT2D eigenvalue weighted by Crippen LogP contribution is 2.53. The van der Waals surface area contributed by atoms with Crippen molar-refractivity contribution < 1.29 is 33.7 Å². The van der Waals surface area contributed by atoms with Gasteiger partial charge in [0.25, 0.3) is 0 Å². The summed E-state index contributed by atoms with van der Waals surface area (Å²) in [5.41, 5.74) is 0.689. The number of rotatable bonds is 6. The molecule has 2 aliphatic rings. The van der Waals surface area contributed by atoms with Gasteiger partial charge in [-0.2, -0.15) is 0 Å². The molecule has 4 atom stereocenters. The molecule has 0 aromatic carbocycles. The fourth-order valence-electron chi connectivity index (χ4n) is 2.99. The number of amides is 1. The topological polar surface area (TPSA) is 115 Å². The quantitative estimate of drug-likeness (QED) is 0.427. The minimum absolute atomic E-state index is 0.0456. The summed E-state index contributed by atoms with van der Waals surface area (Å²) in [6.07, 6.45) is 0.148. The number of fused-ring (bicyclic) bond motifs is 1. The van der Waals surface area contributed by atoms with Gasteiger partial charge in [-0.25, -0.2) is 9.59 Å². The molecule has 0 saturated carbocycles. The number of hydrogen-bond acceptors (Lipinski definition) is 9. The van der Waals surface area contributed by atoms with Crippen LogP contribution in [0.1, 0.15) is 26.3 Å². The first-order valence-electron chi connectivity index (χ1n) is 8.72. The van der Waals surface area contributed by atoms with Crippen molar-refractivity contribution in [2.75, 3.05) is 6.61 Å². The fraction of sp³-hybridized carbons (Fsp3) is 0.444. The first-order valence-corrected chi connectivity index (χ1v) is 9.60. The van der Waals surface area contributed by atoms with Crippen LogP contribution in [-0.4, -0.2) is 57.4 Å². The SMILES string of the molecule is CCOC(=O)OC(C)OC(=O)C1=C(c2cccnc2)S[C@@H]2[C@@H]([C@@H](C)O)C(=O)N12. The highest BCUT2D eigenvalue weighted by atomic mass is 32.2. The summed E-state index contributed by atoms with van der Waals surface area (Å²) < 4.78 is 14.7. The maximum Gasteiger partial charge on any atom is 0.511 e. The van der Waals surface area contributed by atoms with Crippen LogP contribution in [0.25, 0.3) is 4.91 Å². The van der Waals surface area contributed by atoms with Gasteiger partial charge in [0.05, 0.1) is 18.6 Å². The van der Waals surface area contributed by atoms with Crippen molar-refractivity contribution in [2.24, 2.45) is 5.92 Å². The molecule has 3 heterocycles. The van der Waals surface area contributed by atoms with Crippen LogP contribution in [0.3, 0.4) is 0 Å². The zero-order valence-corrected chi connectivity index (χ0v) is 16.3. The number of carbonyl (C=O) groups is 3. The monoisotopic (exact) mass is 408 g/mol. The lowest BCUT2D eigenvalue weighted by Gasteiger charge is -2.43. The van der Waals surface area contributed by atoms with Crippen LogP contribution in [0.15, 0.2) is 30.2 Å². The van der Waals surface area contributed by atoms with E-state index in [1.165, 1.54) is 30.5 Å². The summed E-state index contributed by atoms with van der Waals surface area (Å²) in [5, 5.41) is 9.48. The van der Waals surface area contributed by atoms with Crippen LogP contribution in [0.4, 0.5) is 4.79 Å². The van der Waals surface area contributed by atoms with Crippen LogP contribution in [-0.2, 0) is 23.8 Å². The molecule has 1 saturated heterocycles. The molecule has 1 aromatic heterocycles. The van der Waals surface area contributed by atoms with Crippen molar-refractivity contribution in [3.63, 3.8) is 0 Å². The second-order valence-corrected chi connectivity index (χ2v) is 7.30. The van der Waals surface area contributed by atoms with Gasteiger partial charge in [0.15, 0.2) is 0 Å². The number of aliphatic hydroxyl groups is 1. The van der Waals surface area contributed by atoms with E-state index in [1.807, 2.05) is 0 Å². The molecular weight excluding hydrogens is 388 g/mol. The molecule has 1 unspecified atom stereocenters. The van der Waals surface area contributed by atoms with E-state index in [-0.39, 0.29) is 18.2 Å². The number of pyridine rings is 1. The molecule has 1 amide bonds. The van der Waals surface area contributed by atoms with Gasteiger partial charge in [0.1, 0.15) is 11.1 Å². The number of β-lactam (4-membered cyclic amide) rings is 1. The van der Waals surface area contributed by atoms with Gasteiger partial charge in [0.2, 0.25) is 12.2 Å². The zero-order valence-electron chi connectivity index (χ0n) is 15.5. The lowest BCUT2D eigenvalue weighted by molar-refractivity contribution is -0.170. The predicted molar refractivity (Wildman–Crippen MR) is 98.2 cm³/mol. The average Bonchev–Trinajstić information content (AvgIpc) is 2.97. The Balaban J connectivity index is 1.85. The number of carbonyl (C=O) groups excluding carboxylic acids is 3. The molecule has 10 heteroatoms. The van der Waals surface area contributed by atoms with E-state index in [0.717, 1.165) is 0 Å². The number of aliphatic hydroxyl groups excluding tert-OH is 1. The third kappa shape index (κ3) is 3.69. The summed E-state index contributed by atoms with van der Waals surface area (Å²) in [6, 6.07) is 3.47. The maximum absolute atomic E-state index is 12.8. The fourth-order valence-corrected chi connectivity index (χ4v) is 4.59. The average molecular weight is 408 g/mol. The molecular formula is C18H20N2O7S. The molecule has 0 bridgehead atoms. The van der Waals surface area contributed by atoms with E-state index < -0.39 is 35.8 Å². The zero-order chi connectivity index (χ0) is 20.4. The molecule has 0 aliphatic carbocycles. The second-order valence-electron chi connectivity index (χ2n) is 6.18. The summed E-state index contributed by atoms with van der Waals surface area (Å²) in [7, 11) is 0. The number of thioether (sulfide) groups is 1. The lowest BCUT2D eigenvalue weighted by atomic mass is 9.92. The molecule has 1 N–H and O–H groups in total. The van der Waals surface area contributed by atoms with Gasteiger partial charge in [-0.1, -0.05) is 17.8 Å². The Morgan fingerprint density at radius 1 is 1.36 bits per heavy atom. The standard InChI is InChI=1S/C18H20N2O7S/c1-4-25-18(24)27-10(3)26-17(23)13-14(11-6-5-7-19-8-11)28-16-12(9(2)21)15(22)20(13)16/h5-10,12,16,21H,4H2,1-3H3/t9-,10?,12+,16-/m1/s1. The number of esters is 1. The predicted octanol–water partition coefficient (Wildman–Crippen LogP) is 1.72. The van der Waals surface area contributed by atoms with Gasteiger partial charge in [0, 0.05) is 29.8 Å². The summed E-state index contributed by atoms with van der Waals surface area (Å²) >= 11 is 1.29. The molecule has 0 spiro atoms. The van der Waals surface area contributed by atoms with Crippen LogP contribution in [0.5, 0.6) is 0 Å². The Hall–Kier alpha value is -2.59. The Kier molecular flexibility index (Phi) is 5.90. The van der Waals surface area contributed by atoms with Crippen molar-refractivity contribution in [1.29, 1.82) is 0 Å². The van der Waals surface area contributed by atoms with E-state index in [1.54, 1.807) is 31.5 Å². The normalized spacial score (nSPS) is 22.9. The van der Waals surface area contributed by atoms with Gasteiger partial charge in [-0.3, -0.25) is 14.7 Å². The smallest absolute Gasteiger partial charge is 0.435 e. The summed E-state index contributed by atoms with van der Waals surface area (Å²) in [6.45, 7) is 4.65. The van der Waals surface area contributed by atoms with Gasteiger partial charge in [-0.05, 0) is 19.9 Å². The molecule has 3 rings (SSSR count). The van der Waals surface area contributed by atoms with Crippen molar-refractivity contribution >= 4 is 34.7 Å². The first kappa shape index (κ1) is 20.2. The highest BCUT2D eigenvalue weighted by molar-refractivity contribution is 8.09. The van der Waals surface area contributed by atoms with Gasteiger partial charge in [-0.15, -0.1) is 0 Å². The Morgan fingerprint density at radius 3 is 2.71 bits per heavy atom. The second kappa shape index (κ2) is 8.19. The van der Waals surface area contributed by atoms with Crippen molar-refractivity contribution in [3.05, 3.63) is 35.8 Å². The molecule has 1 aromatic rings. The third-order valence-electron chi connectivity index (χ3n) is 4.21. The minimum atomic E-state index is -1.21. The number of hydrogen-bond donors (Lipinski definition) is 1. The van der Waals surface area contributed by atoms with E-state index >= 15 is 0 Å². The van der Waals surface area contributed by atoms with Crippen LogP contribution >= 0.6 is 11.8 Å². The van der Waals surface area contributed by atoms with Crippen molar-refractivity contribution in [1.82, 2.24) is 9.88 Å². The molecule has 28 heavy (non-hydrogen) atoms. The number of nitrogens with zero attached hydrogens (tertiary/aromatic N) is 2. The van der Waals surface area contributed by atoms with Gasteiger partial charge < -0.3 is 19.3 Å². The third-order valence-corrected chi connectivity index (χ3v) is 5.62. The van der Waals surface area contributed by atoms with E-state index in [9.17, 15) is 19.5 Å². The van der Waals surface area contributed by atoms with Gasteiger partial charge >= 0.3 is 12.1 Å². The van der Waals surface area contributed by atoms with Crippen LogP contribution in [0.2, 0.25) is 0 Å². The Morgan fingerprint density at radius 2 is 2.11 bits per heavy atom. The molecule has 2 aliphatic heterocycles. The number of ether oxygens (including phenoxy) is 3. The summed E-state index contributed by atoms with van der Waals surface area (Å²) in [4.78, 5) is 42.6. The molecule has 0 radical (unpaired) electrons. The van der Waals surface area contributed by atoms with E-state index in [0.29, 0.717) is 10.5 Å².